The molecule has 1 fully saturated rings. The standard InChI is InChI=1S/C24H31N3O4S3/c1-17-10-11-25-21(15-17)32-13-4-2-3-5-19(28)8-6-18-7-9-22(29)27(18)12-14-33-24-26-20(16-34-24)23(30)31/h6,8,10-11,15-16,18-19,28H,2-5,7,9,12-14H2,1H3,(H,30,31)/b8-6+/t18-,19-/m0/s1. The van der Waals surface area contributed by atoms with Gasteiger partial charge in [-0.3, -0.25) is 4.79 Å². The lowest BCUT2D eigenvalue weighted by atomic mass is 10.1. The van der Waals surface area contributed by atoms with Crippen molar-refractivity contribution in [2.75, 3.05) is 18.1 Å². The number of carboxylic acids is 1. The van der Waals surface area contributed by atoms with Crippen molar-refractivity contribution >= 4 is 46.7 Å². The van der Waals surface area contributed by atoms with Crippen molar-refractivity contribution in [3.05, 3.63) is 47.1 Å². The number of pyridine rings is 1. The van der Waals surface area contributed by atoms with Crippen LogP contribution in [0, 0.1) is 6.92 Å². The Balaban J connectivity index is 1.32. The number of aryl methyl sites for hydroxylation is 1. The van der Waals surface area contributed by atoms with Crippen molar-refractivity contribution in [1.29, 1.82) is 0 Å². The van der Waals surface area contributed by atoms with Crippen molar-refractivity contribution in [1.82, 2.24) is 14.9 Å². The molecule has 1 aliphatic heterocycles. The highest BCUT2D eigenvalue weighted by atomic mass is 32.2. The highest BCUT2D eigenvalue weighted by Gasteiger charge is 2.28. The maximum Gasteiger partial charge on any atom is 0.355 e. The lowest BCUT2D eigenvalue weighted by Gasteiger charge is -2.22. The topological polar surface area (TPSA) is 104 Å². The van der Waals surface area contributed by atoms with E-state index in [1.807, 2.05) is 29.3 Å². The fourth-order valence-electron chi connectivity index (χ4n) is 3.65. The average molecular weight is 522 g/mol. The van der Waals surface area contributed by atoms with Crippen molar-refractivity contribution in [3.63, 3.8) is 0 Å². The van der Waals surface area contributed by atoms with E-state index in [9.17, 15) is 14.7 Å². The minimum Gasteiger partial charge on any atom is -0.476 e. The molecule has 1 aliphatic rings. The number of aromatic carboxylic acids is 1. The first-order valence-corrected chi connectivity index (χ1v) is 14.3. The SMILES string of the molecule is Cc1ccnc(SCCCCC[C@H](O)/C=C/[C@H]2CCC(=O)N2CCSc2nc(C(=O)O)cs2)c1. The number of amides is 1. The normalized spacial score (nSPS) is 17.1. The number of unbranched alkanes of at least 4 members (excludes halogenated alkanes) is 2. The fourth-order valence-corrected chi connectivity index (χ4v) is 6.42. The summed E-state index contributed by atoms with van der Waals surface area (Å²) in [5.74, 6) is 0.773. The lowest BCUT2D eigenvalue weighted by Crippen LogP contribution is -2.33. The molecular weight excluding hydrogens is 490 g/mol. The van der Waals surface area contributed by atoms with Crippen molar-refractivity contribution in [3.8, 4) is 0 Å². The molecule has 1 amide bonds. The Morgan fingerprint density at radius 1 is 1.32 bits per heavy atom. The third kappa shape index (κ3) is 8.72. The number of thiazole rings is 1. The number of hydrogen-bond donors (Lipinski definition) is 2. The van der Waals surface area contributed by atoms with Crippen molar-refractivity contribution in [2.24, 2.45) is 0 Å². The Kier molecular flexibility index (Phi) is 10.9. The Morgan fingerprint density at radius 3 is 2.94 bits per heavy atom. The summed E-state index contributed by atoms with van der Waals surface area (Å²) in [6, 6.07) is 4.11. The predicted molar refractivity (Wildman–Crippen MR) is 138 cm³/mol. The van der Waals surface area contributed by atoms with Crippen LogP contribution >= 0.6 is 34.9 Å². The van der Waals surface area contributed by atoms with E-state index in [0.717, 1.165) is 42.9 Å². The van der Waals surface area contributed by atoms with E-state index in [1.165, 1.54) is 34.0 Å². The second kappa shape index (κ2) is 13.9. The quantitative estimate of drug-likeness (QED) is 0.206. The van der Waals surface area contributed by atoms with Gasteiger partial charge < -0.3 is 15.1 Å². The smallest absolute Gasteiger partial charge is 0.355 e. The van der Waals surface area contributed by atoms with Gasteiger partial charge in [-0.25, -0.2) is 14.8 Å². The molecule has 0 aliphatic carbocycles. The van der Waals surface area contributed by atoms with Crippen molar-refractivity contribution in [2.45, 2.75) is 67.0 Å². The van der Waals surface area contributed by atoms with Crippen LogP contribution in [0.15, 0.2) is 45.2 Å². The number of aliphatic hydroxyl groups excluding tert-OH is 1. The van der Waals surface area contributed by atoms with E-state index in [2.05, 4.69) is 23.0 Å². The molecule has 2 aromatic rings. The number of carboxylic acid groups (broad SMARTS) is 1. The number of likely N-dealkylation sites (tertiary alicyclic amines) is 1. The fraction of sp³-hybridized carbons (Fsp3) is 0.500. The molecule has 1 saturated heterocycles. The van der Waals surface area contributed by atoms with Crippen LogP contribution in [-0.4, -0.2) is 67.2 Å². The van der Waals surface area contributed by atoms with E-state index in [1.54, 1.807) is 11.8 Å². The monoisotopic (exact) mass is 521 g/mol. The van der Waals surface area contributed by atoms with Crippen LogP contribution in [0.1, 0.15) is 54.6 Å². The first kappa shape index (κ1) is 26.7. The lowest BCUT2D eigenvalue weighted by molar-refractivity contribution is -0.128. The third-order valence-corrected chi connectivity index (χ3v) is 8.49. The van der Waals surface area contributed by atoms with Gasteiger partial charge in [0.05, 0.1) is 17.2 Å². The molecule has 2 aromatic heterocycles. The van der Waals surface area contributed by atoms with Gasteiger partial charge in [0.25, 0.3) is 0 Å². The number of aliphatic hydroxyl groups is 1. The summed E-state index contributed by atoms with van der Waals surface area (Å²) in [5, 5.41) is 21.9. The molecule has 34 heavy (non-hydrogen) atoms. The molecular formula is C24H31N3O4S3. The van der Waals surface area contributed by atoms with Gasteiger partial charge in [0.15, 0.2) is 10.0 Å². The van der Waals surface area contributed by atoms with Gasteiger partial charge in [-0.15, -0.1) is 23.1 Å². The maximum absolute atomic E-state index is 12.3. The zero-order chi connectivity index (χ0) is 24.3. The first-order chi connectivity index (χ1) is 16.4. The summed E-state index contributed by atoms with van der Waals surface area (Å²) < 4.78 is 0.695. The zero-order valence-corrected chi connectivity index (χ0v) is 21.7. The predicted octanol–water partition coefficient (Wildman–Crippen LogP) is 4.90. The second-order valence-corrected chi connectivity index (χ2v) is 11.5. The minimum atomic E-state index is -1.03. The van der Waals surface area contributed by atoms with Crippen molar-refractivity contribution < 1.29 is 19.8 Å². The van der Waals surface area contributed by atoms with Gasteiger partial charge >= 0.3 is 5.97 Å². The number of thioether (sulfide) groups is 2. The van der Waals surface area contributed by atoms with Crippen LogP contribution in [0.2, 0.25) is 0 Å². The molecule has 0 unspecified atom stereocenters. The molecule has 2 N–H and O–H groups in total. The number of carbonyl (C=O) groups is 2. The summed E-state index contributed by atoms with van der Waals surface area (Å²) in [6.45, 7) is 2.64. The van der Waals surface area contributed by atoms with Gasteiger partial charge in [0.2, 0.25) is 5.91 Å². The summed E-state index contributed by atoms with van der Waals surface area (Å²) in [6.07, 6.45) is 10.3. The third-order valence-electron chi connectivity index (χ3n) is 5.47. The van der Waals surface area contributed by atoms with Crippen LogP contribution in [0.4, 0.5) is 0 Å². The van der Waals surface area contributed by atoms with Gasteiger partial charge in [0.1, 0.15) is 0 Å². The summed E-state index contributed by atoms with van der Waals surface area (Å²) in [7, 11) is 0. The maximum atomic E-state index is 12.3. The average Bonchev–Trinajstić information content (AvgIpc) is 3.42. The Morgan fingerprint density at radius 2 is 2.18 bits per heavy atom. The van der Waals surface area contributed by atoms with E-state index in [4.69, 9.17) is 5.11 Å². The summed E-state index contributed by atoms with van der Waals surface area (Å²) in [5.41, 5.74) is 1.28. The van der Waals surface area contributed by atoms with Gasteiger partial charge in [0, 0.05) is 30.3 Å². The molecule has 3 heterocycles. The minimum absolute atomic E-state index is 0.00635. The Hall–Kier alpha value is -1.88. The number of nitrogens with zero attached hydrogens (tertiary/aromatic N) is 3. The Labute approximate surface area is 213 Å². The molecule has 3 rings (SSSR count). The number of carbonyl (C=O) groups excluding carboxylic acids is 1. The number of rotatable bonds is 14. The molecule has 0 aromatic carbocycles. The van der Waals surface area contributed by atoms with Gasteiger partial charge in [-0.1, -0.05) is 36.8 Å². The largest absolute Gasteiger partial charge is 0.476 e. The van der Waals surface area contributed by atoms with Crippen LogP contribution in [0.25, 0.3) is 0 Å². The zero-order valence-electron chi connectivity index (χ0n) is 19.3. The molecule has 0 bridgehead atoms. The van der Waals surface area contributed by atoms with Crippen LogP contribution in [-0.2, 0) is 4.79 Å². The van der Waals surface area contributed by atoms with Gasteiger partial charge in [-0.05, 0) is 49.6 Å². The molecule has 2 atom stereocenters. The van der Waals surface area contributed by atoms with Crippen LogP contribution < -0.4 is 0 Å². The molecule has 10 heteroatoms. The van der Waals surface area contributed by atoms with E-state index < -0.39 is 12.1 Å². The highest BCUT2D eigenvalue weighted by Crippen LogP contribution is 2.25. The summed E-state index contributed by atoms with van der Waals surface area (Å²) >= 11 is 4.54. The molecule has 0 spiro atoms. The summed E-state index contributed by atoms with van der Waals surface area (Å²) in [4.78, 5) is 33.5. The van der Waals surface area contributed by atoms with E-state index in [-0.39, 0.29) is 17.6 Å². The van der Waals surface area contributed by atoms with E-state index in [0.29, 0.717) is 23.1 Å². The highest BCUT2D eigenvalue weighted by molar-refractivity contribution is 8.01. The second-order valence-electron chi connectivity index (χ2n) is 8.17. The van der Waals surface area contributed by atoms with Gasteiger partial charge in [-0.2, -0.15) is 0 Å². The first-order valence-electron chi connectivity index (χ1n) is 11.5. The van der Waals surface area contributed by atoms with E-state index >= 15 is 0 Å². The molecule has 0 radical (unpaired) electrons. The Bertz CT molecular complexity index is 982. The van der Waals surface area contributed by atoms with Crippen LogP contribution in [0.5, 0.6) is 0 Å². The van der Waals surface area contributed by atoms with Crippen LogP contribution in [0.3, 0.4) is 0 Å². The number of aromatic nitrogens is 2. The molecule has 7 nitrogen and oxygen atoms in total. The number of hydrogen-bond acceptors (Lipinski definition) is 8. The molecule has 184 valence electrons. The molecule has 0 saturated carbocycles.